The van der Waals surface area contributed by atoms with Crippen LogP contribution in [0.2, 0.25) is 0 Å². The number of sulfone groups is 1. The first kappa shape index (κ1) is 18.8. The summed E-state index contributed by atoms with van der Waals surface area (Å²) in [6.45, 7) is 0. The van der Waals surface area contributed by atoms with E-state index in [0.29, 0.717) is 0 Å². The molecule has 0 bridgehead atoms. The molecule has 0 aliphatic carbocycles. The van der Waals surface area contributed by atoms with Crippen molar-refractivity contribution in [3.05, 3.63) is 48.3 Å². The molecule has 1 unspecified atom stereocenters. The number of aromatic nitrogens is 1. The van der Waals surface area contributed by atoms with Crippen molar-refractivity contribution < 1.29 is 36.2 Å². The molecule has 2 aromatic rings. The molecule has 1 atom stereocenters. The van der Waals surface area contributed by atoms with Gasteiger partial charge in [-0.15, -0.1) is 13.2 Å². The van der Waals surface area contributed by atoms with Crippen molar-refractivity contribution >= 4 is 15.6 Å². The van der Waals surface area contributed by atoms with E-state index in [1.807, 2.05) is 0 Å². The van der Waals surface area contributed by atoms with Crippen molar-refractivity contribution in [2.24, 2.45) is 5.73 Å². The van der Waals surface area contributed by atoms with Crippen molar-refractivity contribution in [2.45, 2.75) is 22.4 Å². The number of hydrogen-bond donors (Lipinski definition) is 2. The summed E-state index contributed by atoms with van der Waals surface area (Å²) < 4.78 is 64.9. The summed E-state index contributed by atoms with van der Waals surface area (Å²) in [5.41, 5.74) is 4.80. The molecule has 1 heterocycles. The van der Waals surface area contributed by atoms with Gasteiger partial charge in [0.1, 0.15) is 5.75 Å². The summed E-state index contributed by atoms with van der Waals surface area (Å²) in [4.78, 5) is 14.5. The third-order valence-corrected chi connectivity index (χ3v) is 4.68. The van der Waals surface area contributed by atoms with Crippen LogP contribution < -0.4 is 10.5 Å². The first-order valence-corrected chi connectivity index (χ1v) is 8.03. The van der Waals surface area contributed by atoms with Gasteiger partial charge in [-0.2, -0.15) is 0 Å². The van der Waals surface area contributed by atoms with Crippen molar-refractivity contribution in [3.8, 4) is 5.75 Å². The van der Waals surface area contributed by atoms with Crippen LogP contribution in [0.5, 0.6) is 5.75 Å². The SMILES string of the molecule is NC(O)C(=O)c1cncc(S(=O)(=O)c2ccc(OC(F)(F)F)cc2)c1. The molecule has 1 aromatic heterocycles. The average molecular weight is 376 g/mol. The minimum absolute atomic E-state index is 0.229. The Balaban J connectivity index is 2.36. The summed E-state index contributed by atoms with van der Waals surface area (Å²) >= 11 is 0. The molecule has 0 spiro atoms. The summed E-state index contributed by atoms with van der Waals surface area (Å²) in [5.74, 6) is -1.52. The third-order valence-electron chi connectivity index (χ3n) is 2.94. The number of aliphatic hydroxyl groups is 1. The molecule has 3 N–H and O–H groups in total. The number of benzene rings is 1. The smallest absolute Gasteiger partial charge is 0.406 e. The lowest BCUT2D eigenvalue weighted by Gasteiger charge is -2.10. The van der Waals surface area contributed by atoms with Gasteiger partial charge in [-0.3, -0.25) is 15.5 Å². The molecule has 0 radical (unpaired) electrons. The number of ketones is 1. The maximum Gasteiger partial charge on any atom is 0.573 e. The van der Waals surface area contributed by atoms with Crippen molar-refractivity contribution in [1.29, 1.82) is 0 Å². The van der Waals surface area contributed by atoms with Crippen molar-refractivity contribution in [3.63, 3.8) is 0 Å². The summed E-state index contributed by atoms with van der Waals surface area (Å²) in [6.07, 6.45) is -4.76. The average Bonchev–Trinajstić information content (AvgIpc) is 2.53. The van der Waals surface area contributed by atoms with Crippen LogP contribution in [0.1, 0.15) is 10.4 Å². The number of hydrogen-bond acceptors (Lipinski definition) is 7. The van der Waals surface area contributed by atoms with Crippen LogP contribution in [0.4, 0.5) is 13.2 Å². The van der Waals surface area contributed by atoms with E-state index in [-0.39, 0.29) is 15.4 Å². The van der Waals surface area contributed by atoms with Crippen LogP contribution in [0, 0.1) is 0 Å². The number of nitrogens with zero attached hydrogens (tertiary/aromatic N) is 1. The Labute approximate surface area is 139 Å². The third kappa shape index (κ3) is 4.53. The fourth-order valence-electron chi connectivity index (χ4n) is 1.83. The van der Waals surface area contributed by atoms with Crippen molar-refractivity contribution in [1.82, 2.24) is 4.98 Å². The first-order chi connectivity index (χ1) is 11.5. The highest BCUT2D eigenvalue weighted by Gasteiger charge is 2.31. The summed E-state index contributed by atoms with van der Waals surface area (Å²) in [6, 6.07) is 4.48. The quantitative estimate of drug-likeness (QED) is 0.596. The molecule has 2 rings (SSSR count). The van der Waals surface area contributed by atoms with Gasteiger partial charge < -0.3 is 9.84 Å². The Hall–Kier alpha value is -2.50. The zero-order valence-electron chi connectivity index (χ0n) is 12.3. The van der Waals surface area contributed by atoms with Crippen LogP contribution in [0.25, 0.3) is 0 Å². The largest absolute Gasteiger partial charge is 0.573 e. The van der Waals surface area contributed by atoms with E-state index in [4.69, 9.17) is 10.8 Å². The highest BCUT2D eigenvalue weighted by atomic mass is 32.2. The molecule has 1 aromatic carbocycles. The summed E-state index contributed by atoms with van der Waals surface area (Å²) in [7, 11) is -4.16. The number of ether oxygens (including phenoxy) is 1. The molecule has 25 heavy (non-hydrogen) atoms. The number of halogens is 3. The molecule has 11 heteroatoms. The highest BCUT2D eigenvalue weighted by molar-refractivity contribution is 7.91. The Kier molecular flexibility index (Phi) is 5.11. The zero-order valence-corrected chi connectivity index (χ0v) is 13.1. The second-order valence-electron chi connectivity index (χ2n) is 4.74. The van der Waals surface area contributed by atoms with Crippen LogP contribution >= 0.6 is 0 Å². The van der Waals surface area contributed by atoms with E-state index in [2.05, 4.69) is 9.72 Å². The van der Waals surface area contributed by atoms with E-state index in [1.54, 1.807) is 0 Å². The predicted octanol–water partition coefficient (Wildman–Crippen LogP) is 1.27. The maximum atomic E-state index is 12.5. The first-order valence-electron chi connectivity index (χ1n) is 6.54. The van der Waals surface area contributed by atoms with E-state index in [9.17, 15) is 26.4 Å². The minimum atomic E-state index is -4.90. The molecule has 0 saturated carbocycles. The second-order valence-corrected chi connectivity index (χ2v) is 6.69. The van der Waals surface area contributed by atoms with Crippen LogP contribution in [-0.4, -0.2) is 36.9 Å². The molecule has 0 saturated heterocycles. The van der Waals surface area contributed by atoms with Gasteiger partial charge in [-0.05, 0) is 30.3 Å². The Bertz CT molecular complexity index is 880. The monoisotopic (exact) mass is 376 g/mol. The normalized spacial score (nSPS) is 13.3. The Morgan fingerprint density at radius 2 is 1.76 bits per heavy atom. The molecule has 0 aliphatic rings. The number of pyridine rings is 1. The van der Waals surface area contributed by atoms with Gasteiger partial charge in [0.2, 0.25) is 15.6 Å². The number of aliphatic hydroxyl groups excluding tert-OH is 1. The van der Waals surface area contributed by atoms with E-state index >= 15 is 0 Å². The molecule has 0 amide bonds. The van der Waals surface area contributed by atoms with Gasteiger partial charge in [0.25, 0.3) is 0 Å². The second kappa shape index (κ2) is 6.78. The van der Waals surface area contributed by atoms with Gasteiger partial charge in [-0.1, -0.05) is 0 Å². The topological polar surface area (TPSA) is 120 Å². The standard InChI is InChI=1S/C14H11F3N2O5S/c15-14(16,17)24-9-1-3-10(4-2-9)25(22,23)11-5-8(6-19-7-11)12(20)13(18)21/h1-7,13,21H,18H2. The fourth-order valence-corrected chi connectivity index (χ4v) is 3.08. The van der Waals surface area contributed by atoms with Gasteiger partial charge in [0.15, 0.2) is 6.23 Å². The van der Waals surface area contributed by atoms with Gasteiger partial charge in [-0.25, -0.2) is 8.42 Å². The minimum Gasteiger partial charge on any atom is -0.406 e. The molecule has 134 valence electrons. The lowest BCUT2D eigenvalue weighted by atomic mass is 10.2. The van der Waals surface area contributed by atoms with Gasteiger partial charge in [0, 0.05) is 18.0 Å². The number of alkyl halides is 3. The van der Waals surface area contributed by atoms with E-state index in [0.717, 1.165) is 42.7 Å². The lowest BCUT2D eigenvalue weighted by molar-refractivity contribution is -0.274. The number of rotatable bonds is 5. The zero-order chi connectivity index (χ0) is 18.8. The molecule has 7 nitrogen and oxygen atoms in total. The number of Topliss-reactive ketones (excluding diaryl/α,β-unsaturated/α-hetero) is 1. The number of carbonyl (C=O) groups is 1. The Morgan fingerprint density at radius 3 is 2.28 bits per heavy atom. The fraction of sp³-hybridized carbons (Fsp3) is 0.143. The molecule has 0 aliphatic heterocycles. The molecular weight excluding hydrogens is 365 g/mol. The maximum absolute atomic E-state index is 12.5. The molecular formula is C14H11F3N2O5S. The van der Waals surface area contributed by atoms with Gasteiger partial charge in [0.05, 0.1) is 9.79 Å². The van der Waals surface area contributed by atoms with Crippen molar-refractivity contribution in [2.75, 3.05) is 0 Å². The molecule has 0 fully saturated rings. The van der Waals surface area contributed by atoms with E-state index < -0.39 is 34.0 Å². The number of carbonyl (C=O) groups excluding carboxylic acids is 1. The highest BCUT2D eigenvalue weighted by Crippen LogP contribution is 2.26. The van der Waals surface area contributed by atoms with Crippen LogP contribution in [0.15, 0.2) is 52.5 Å². The summed E-state index contributed by atoms with van der Waals surface area (Å²) in [5, 5.41) is 9.05. The lowest BCUT2D eigenvalue weighted by Crippen LogP contribution is -2.29. The Morgan fingerprint density at radius 1 is 1.16 bits per heavy atom. The number of nitrogens with two attached hydrogens (primary N) is 1. The van der Waals surface area contributed by atoms with Crippen LogP contribution in [-0.2, 0) is 9.84 Å². The van der Waals surface area contributed by atoms with Crippen LogP contribution in [0.3, 0.4) is 0 Å². The van der Waals surface area contributed by atoms with E-state index in [1.165, 1.54) is 0 Å². The predicted molar refractivity (Wildman–Crippen MR) is 77.3 cm³/mol. The van der Waals surface area contributed by atoms with Gasteiger partial charge >= 0.3 is 6.36 Å².